The Morgan fingerprint density at radius 2 is 1.03 bits per heavy atom. The van der Waals surface area contributed by atoms with E-state index in [-0.39, 0.29) is 0 Å². The largest absolute Gasteiger partial charge is 0.455 e. The first-order valence-electron chi connectivity index (χ1n) is 11.2. The van der Waals surface area contributed by atoms with Gasteiger partial charge in [0.15, 0.2) is 0 Å². The second kappa shape index (κ2) is 6.85. The van der Waals surface area contributed by atoms with E-state index in [4.69, 9.17) is 8.83 Å². The highest BCUT2D eigenvalue weighted by Gasteiger charge is 2.15. The van der Waals surface area contributed by atoms with Gasteiger partial charge in [0.25, 0.3) is 0 Å². The molecule has 0 aliphatic rings. The van der Waals surface area contributed by atoms with Crippen molar-refractivity contribution in [3.63, 3.8) is 0 Å². The lowest BCUT2D eigenvalue weighted by Gasteiger charge is -2.07. The molecule has 7 aromatic rings. The van der Waals surface area contributed by atoms with Gasteiger partial charge in [-0.25, -0.2) is 0 Å². The van der Waals surface area contributed by atoms with E-state index in [2.05, 4.69) is 97.9 Å². The van der Waals surface area contributed by atoms with Gasteiger partial charge in [0, 0.05) is 32.7 Å². The van der Waals surface area contributed by atoms with Crippen LogP contribution >= 0.6 is 0 Å². The fraction of sp³-hybridized carbons (Fsp3) is 0.0323. The van der Waals surface area contributed by atoms with Gasteiger partial charge in [0.2, 0.25) is 0 Å². The number of aryl methyl sites for hydroxylation is 1. The first-order valence-corrected chi connectivity index (χ1v) is 11.2. The molecule has 2 heteroatoms. The molecule has 0 unspecified atom stereocenters. The first kappa shape index (κ1) is 18.3. The molecule has 0 fully saturated rings. The van der Waals surface area contributed by atoms with Gasteiger partial charge in [-0.3, -0.25) is 0 Å². The molecule has 5 aromatic carbocycles. The monoisotopic (exact) mass is 424 g/mol. The van der Waals surface area contributed by atoms with Crippen LogP contribution in [-0.2, 0) is 0 Å². The zero-order valence-electron chi connectivity index (χ0n) is 18.1. The van der Waals surface area contributed by atoms with E-state index in [1.807, 2.05) is 12.1 Å². The average molecular weight is 424 g/mol. The maximum absolute atomic E-state index is 6.33. The molecule has 2 heterocycles. The van der Waals surface area contributed by atoms with Crippen molar-refractivity contribution in [2.24, 2.45) is 0 Å². The number of hydrogen-bond acceptors (Lipinski definition) is 2. The quantitative estimate of drug-likeness (QED) is 0.276. The van der Waals surface area contributed by atoms with Crippen LogP contribution < -0.4 is 0 Å². The minimum Gasteiger partial charge on any atom is -0.455 e. The van der Waals surface area contributed by atoms with Gasteiger partial charge in [-0.05, 0) is 42.3 Å². The SMILES string of the molecule is Cc1ccc2oc3c(-c4cccc(-c5cccc6c5oc5ccccc56)c4)cccc3c2c1. The molecule has 0 radical (unpaired) electrons. The van der Waals surface area contributed by atoms with Crippen molar-refractivity contribution in [3.8, 4) is 22.3 Å². The fourth-order valence-electron chi connectivity index (χ4n) is 4.97. The number of hydrogen-bond donors (Lipinski definition) is 0. The van der Waals surface area contributed by atoms with Gasteiger partial charge in [0.05, 0.1) is 0 Å². The molecule has 0 N–H and O–H groups in total. The molecule has 0 aliphatic heterocycles. The molecular weight excluding hydrogens is 404 g/mol. The summed E-state index contributed by atoms with van der Waals surface area (Å²) in [5.74, 6) is 0. The lowest BCUT2D eigenvalue weighted by Crippen LogP contribution is -1.83. The topological polar surface area (TPSA) is 26.3 Å². The molecule has 0 aliphatic carbocycles. The Hall–Kier alpha value is -4.30. The fourth-order valence-corrected chi connectivity index (χ4v) is 4.97. The molecule has 2 nitrogen and oxygen atoms in total. The van der Waals surface area contributed by atoms with Crippen molar-refractivity contribution in [1.29, 1.82) is 0 Å². The third-order valence-corrected chi connectivity index (χ3v) is 6.54. The minimum atomic E-state index is 0.915. The van der Waals surface area contributed by atoms with E-state index in [1.54, 1.807) is 0 Å². The summed E-state index contributed by atoms with van der Waals surface area (Å²) in [6.07, 6.45) is 0. The average Bonchev–Trinajstić information content (AvgIpc) is 3.42. The van der Waals surface area contributed by atoms with Crippen molar-refractivity contribution in [2.45, 2.75) is 6.92 Å². The standard InChI is InChI=1S/C31H20O2/c1-19-15-16-29-27(17-19)26-13-6-11-23(31(26)33-29)21-8-4-7-20(18-21)22-10-5-12-25-24-9-2-3-14-28(24)32-30(22)25/h2-18H,1H3. The predicted molar refractivity (Wildman–Crippen MR) is 137 cm³/mol. The molecule has 0 spiro atoms. The number of benzene rings is 5. The van der Waals surface area contributed by atoms with E-state index >= 15 is 0 Å². The van der Waals surface area contributed by atoms with Gasteiger partial charge in [0.1, 0.15) is 22.3 Å². The van der Waals surface area contributed by atoms with Crippen molar-refractivity contribution in [3.05, 3.63) is 109 Å². The molecule has 0 bridgehead atoms. The summed E-state index contributed by atoms with van der Waals surface area (Å²) in [7, 11) is 0. The second-order valence-corrected chi connectivity index (χ2v) is 8.65. The van der Waals surface area contributed by atoms with Crippen LogP contribution in [0.25, 0.3) is 66.1 Å². The summed E-state index contributed by atoms with van der Waals surface area (Å²) in [5.41, 5.74) is 9.37. The highest BCUT2D eigenvalue weighted by molar-refractivity contribution is 6.11. The summed E-state index contributed by atoms with van der Waals surface area (Å²) in [5, 5.41) is 4.60. The normalized spacial score (nSPS) is 11.8. The Labute approximate surface area is 190 Å². The van der Waals surface area contributed by atoms with Crippen LogP contribution in [0.1, 0.15) is 5.56 Å². The van der Waals surface area contributed by atoms with Crippen LogP contribution in [0.3, 0.4) is 0 Å². The Bertz CT molecular complexity index is 1830. The van der Waals surface area contributed by atoms with Crippen LogP contribution in [-0.4, -0.2) is 0 Å². The lowest BCUT2D eigenvalue weighted by atomic mass is 9.96. The van der Waals surface area contributed by atoms with Crippen molar-refractivity contribution >= 4 is 43.9 Å². The van der Waals surface area contributed by atoms with Gasteiger partial charge < -0.3 is 8.83 Å². The van der Waals surface area contributed by atoms with Crippen LogP contribution in [0.15, 0.2) is 112 Å². The van der Waals surface area contributed by atoms with Gasteiger partial charge in [-0.1, -0.05) is 84.4 Å². The number of para-hydroxylation sites is 3. The van der Waals surface area contributed by atoms with Crippen LogP contribution in [0.2, 0.25) is 0 Å². The minimum absolute atomic E-state index is 0.915. The summed E-state index contributed by atoms with van der Waals surface area (Å²) in [4.78, 5) is 0. The third-order valence-electron chi connectivity index (χ3n) is 6.54. The molecule has 0 amide bonds. The molecule has 156 valence electrons. The molecule has 7 rings (SSSR count). The van der Waals surface area contributed by atoms with E-state index < -0.39 is 0 Å². The molecule has 33 heavy (non-hydrogen) atoms. The van der Waals surface area contributed by atoms with Crippen molar-refractivity contribution < 1.29 is 8.83 Å². The Kier molecular flexibility index (Phi) is 3.80. The highest BCUT2D eigenvalue weighted by atomic mass is 16.3. The zero-order chi connectivity index (χ0) is 21.9. The Morgan fingerprint density at radius 1 is 0.455 bits per heavy atom. The highest BCUT2D eigenvalue weighted by Crippen LogP contribution is 2.39. The maximum Gasteiger partial charge on any atom is 0.143 e. The van der Waals surface area contributed by atoms with E-state index in [0.29, 0.717) is 0 Å². The van der Waals surface area contributed by atoms with Crippen LogP contribution in [0.4, 0.5) is 0 Å². The number of rotatable bonds is 2. The Morgan fingerprint density at radius 3 is 1.76 bits per heavy atom. The summed E-state index contributed by atoms with van der Waals surface area (Å²) >= 11 is 0. The van der Waals surface area contributed by atoms with Crippen LogP contribution in [0, 0.1) is 6.92 Å². The molecule has 0 saturated heterocycles. The molecule has 0 saturated carbocycles. The zero-order valence-corrected chi connectivity index (χ0v) is 18.1. The number of fused-ring (bicyclic) bond motifs is 6. The third kappa shape index (κ3) is 2.74. The van der Waals surface area contributed by atoms with E-state index in [0.717, 1.165) is 66.1 Å². The van der Waals surface area contributed by atoms with Crippen LogP contribution in [0.5, 0.6) is 0 Å². The van der Waals surface area contributed by atoms with Crippen molar-refractivity contribution in [2.75, 3.05) is 0 Å². The van der Waals surface area contributed by atoms with Gasteiger partial charge in [-0.2, -0.15) is 0 Å². The Balaban J connectivity index is 1.45. The summed E-state index contributed by atoms with van der Waals surface area (Å²) in [6.45, 7) is 2.12. The molecular formula is C31H20O2. The molecule has 2 aromatic heterocycles. The lowest BCUT2D eigenvalue weighted by molar-refractivity contribution is 0.670. The molecule has 0 atom stereocenters. The van der Waals surface area contributed by atoms with Gasteiger partial charge in [-0.15, -0.1) is 0 Å². The summed E-state index contributed by atoms with van der Waals surface area (Å²) < 4.78 is 12.6. The van der Waals surface area contributed by atoms with Gasteiger partial charge >= 0.3 is 0 Å². The second-order valence-electron chi connectivity index (χ2n) is 8.65. The van der Waals surface area contributed by atoms with E-state index in [1.165, 1.54) is 5.56 Å². The maximum atomic E-state index is 6.33. The van der Waals surface area contributed by atoms with E-state index in [9.17, 15) is 0 Å². The number of furan rings is 2. The smallest absolute Gasteiger partial charge is 0.143 e. The van der Waals surface area contributed by atoms with Crippen molar-refractivity contribution in [1.82, 2.24) is 0 Å². The first-order chi connectivity index (χ1) is 16.3. The predicted octanol–water partition coefficient (Wildman–Crippen LogP) is 9.13. The summed E-state index contributed by atoms with van der Waals surface area (Å²) in [6, 6.07) is 36.0.